The number of hydrogen-bond donors (Lipinski definition) is 3. The topological polar surface area (TPSA) is 90.7 Å². The Balaban J connectivity index is 2.16. The third-order valence-electron chi connectivity index (χ3n) is 3.45. The van der Waals surface area contributed by atoms with Crippen LogP contribution in [0.4, 0.5) is 0 Å². The zero-order valence-corrected chi connectivity index (χ0v) is 11.5. The molecule has 0 atom stereocenters. The predicted octanol–water partition coefficient (Wildman–Crippen LogP) is 1.28. The van der Waals surface area contributed by atoms with Crippen molar-refractivity contribution in [1.82, 2.24) is 4.98 Å². The lowest BCUT2D eigenvalue weighted by molar-refractivity contribution is 0.0699. The highest BCUT2D eigenvalue weighted by atomic mass is 16.4. The Labute approximate surface area is 126 Å². The van der Waals surface area contributed by atoms with Crippen molar-refractivity contribution >= 4 is 29.5 Å². The molecule has 1 heterocycles. The van der Waals surface area contributed by atoms with Crippen LogP contribution in [0.25, 0.3) is 22.2 Å². The van der Waals surface area contributed by atoms with Crippen molar-refractivity contribution in [2.24, 2.45) is 0 Å². The van der Waals surface area contributed by atoms with E-state index < -0.39 is 13.1 Å². The second-order valence-corrected chi connectivity index (χ2v) is 4.87. The molecule has 0 spiro atoms. The second-order valence-electron chi connectivity index (χ2n) is 4.87. The first-order valence-corrected chi connectivity index (χ1v) is 6.66. The molecule has 0 saturated heterocycles. The molecule has 0 aliphatic heterocycles. The van der Waals surface area contributed by atoms with Gasteiger partial charge in [-0.1, -0.05) is 42.5 Å². The molecular formula is C16H12BNO4. The van der Waals surface area contributed by atoms with Crippen LogP contribution in [-0.2, 0) is 0 Å². The Morgan fingerprint density at radius 1 is 1.00 bits per heavy atom. The standard InChI is InChI=1S/C16H12BNO4/c19-16(20)13-9-15(18-14-4-2-1-3-12(13)14)10-5-7-11(8-6-10)17(21)22/h1-9,21-22H,(H,19,20). The van der Waals surface area contributed by atoms with Crippen LogP contribution in [0, 0.1) is 0 Å². The van der Waals surface area contributed by atoms with Gasteiger partial charge in [0.15, 0.2) is 0 Å². The summed E-state index contributed by atoms with van der Waals surface area (Å²) in [5.74, 6) is -1.01. The van der Waals surface area contributed by atoms with E-state index >= 15 is 0 Å². The summed E-state index contributed by atoms with van der Waals surface area (Å²) in [6.07, 6.45) is 0. The molecular weight excluding hydrogens is 281 g/mol. The third-order valence-corrected chi connectivity index (χ3v) is 3.45. The summed E-state index contributed by atoms with van der Waals surface area (Å²) in [5.41, 5.74) is 2.38. The van der Waals surface area contributed by atoms with Gasteiger partial charge in [0, 0.05) is 10.9 Å². The number of aromatic nitrogens is 1. The summed E-state index contributed by atoms with van der Waals surface area (Å²) in [6.45, 7) is 0. The fourth-order valence-corrected chi connectivity index (χ4v) is 2.33. The van der Waals surface area contributed by atoms with Crippen molar-refractivity contribution in [3.05, 3.63) is 60.2 Å². The van der Waals surface area contributed by atoms with Gasteiger partial charge in [0.05, 0.1) is 16.8 Å². The van der Waals surface area contributed by atoms with Crippen LogP contribution in [0.5, 0.6) is 0 Å². The normalized spacial score (nSPS) is 10.6. The van der Waals surface area contributed by atoms with Crippen LogP contribution in [0.3, 0.4) is 0 Å². The number of pyridine rings is 1. The van der Waals surface area contributed by atoms with Gasteiger partial charge in [0.2, 0.25) is 0 Å². The van der Waals surface area contributed by atoms with Gasteiger partial charge in [-0.15, -0.1) is 0 Å². The highest BCUT2D eigenvalue weighted by Gasteiger charge is 2.14. The molecule has 3 aromatic rings. The summed E-state index contributed by atoms with van der Waals surface area (Å²) in [6, 6.07) is 15.1. The Bertz CT molecular complexity index is 846. The number of hydrogen-bond acceptors (Lipinski definition) is 4. The fraction of sp³-hybridized carbons (Fsp3) is 0. The number of carbonyl (C=O) groups is 1. The number of nitrogens with zero attached hydrogens (tertiary/aromatic N) is 1. The molecule has 108 valence electrons. The fourth-order valence-electron chi connectivity index (χ4n) is 2.33. The number of rotatable bonds is 3. The van der Waals surface area contributed by atoms with Gasteiger partial charge in [-0.3, -0.25) is 0 Å². The van der Waals surface area contributed by atoms with E-state index in [-0.39, 0.29) is 5.56 Å². The molecule has 0 unspecified atom stereocenters. The summed E-state index contributed by atoms with van der Waals surface area (Å²) in [4.78, 5) is 15.9. The van der Waals surface area contributed by atoms with Crippen molar-refractivity contribution < 1.29 is 19.9 Å². The van der Waals surface area contributed by atoms with E-state index in [1.165, 1.54) is 6.07 Å². The molecule has 22 heavy (non-hydrogen) atoms. The second kappa shape index (κ2) is 5.59. The first kappa shape index (κ1) is 14.3. The van der Waals surface area contributed by atoms with Crippen LogP contribution >= 0.6 is 0 Å². The first-order valence-electron chi connectivity index (χ1n) is 6.66. The monoisotopic (exact) mass is 293 g/mol. The number of benzene rings is 2. The highest BCUT2D eigenvalue weighted by Crippen LogP contribution is 2.24. The minimum absolute atomic E-state index is 0.187. The molecule has 3 N–H and O–H groups in total. The molecule has 0 bridgehead atoms. The van der Waals surface area contributed by atoms with Gasteiger partial charge in [0.1, 0.15) is 0 Å². The molecule has 0 radical (unpaired) electrons. The van der Waals surface area contributed by atoms with E-state index in [1.54, 1.807) is 48.5 Å². The molecule has 6 heteroatoms. The summed E-state index contributed by atoms with van der Waals surface area (Å²) >= 11 is 0. The van der Waals surface area contributed by atoms with E-state index in [9.17, 15) is 9.90 Å². The Morgan fingerprint density at radius 3 is 2.32 bits per heavy atom. The minimum atomic E-state index is -1.53. The van der Waals surface area contributed by atoms with Crippen molar-refractivity contribution in [3.63, 3.8) is 0 Å². The quantitative estimate of drug-likeness (QED) is 0.633. The maximum atomic E-state index is 11.4. The minimum Gasteiger partial charge on any atom is -0.478 e. The van der Waals surface area contributed by atoms with E-state index in [2.05, 4.69) is 4.98 Å². The van der Waals surface area contributed by atoms with Crippen molar-refractivity contribution in [1.29, 1.82) is 0 Å². The van der Waals surface area contributed by atoms with E-state index in [0.717, 1.165) is 0 Å². The van der Waals surface area contributed by atoms with Crippen molar-refractivity contribution in [2.75, 3.05) is 0 Å². The molecule has 0 amide bonds. The van der Waals surface area contributed by atoms with Crippen molar-refractivity contribution in [3.8, 4) is 11.3 Å². The van der Waals surface area contributed by atoms with Gasteiger partial charge >= 0.3 is 13.1 Å². The number of carboxylic acid groups (broad SMARTS) is 1. The zero-order valence-electron chi connectivity index (χ0n) is 11.5. The molecule has 0 saturated carbocycles. The van der Waals surface area contributed by atoms with Crippen molar-refractivity contribution in [2.45, 2.75) is 0 Å². The molecule has 5 nitrogen and oxygen atoms in total. The summed E-state index contributed by atoms with van der Waals surface area (Å²) in [5, 5.41) is 28.2. The summed E-state index contributed by atoms with van der Waals surface area (Å²) < 4.78 is 0. The van der Waals surface area contributed by atoms with E-state index in [4.69, 9.17) is 10.0 Å². The number of para-hydroxylation sites is 1. The molecule has 2 aromatic carbocycles. The molecule has 1 aromatic heterocycles. The van der Waals surface area contributed by atoms with Crippen LogP contribution < -0.4 is 5.46 Å². The summed E-state index contributed by atoms with van der Waals surface area (Å²) in [7, 11) is -1.53. The van der Waals surface area contributed by atoms with Gasteiger partial charge in [-0.05, 0) is 17.6 Å². The number of fused-ring (bicyclic) bond motifs is 1. The highest BCUT2D eigenvalue weighted by molar-refractivity contribution is 6.58. The Hall–Kier alpha value is -2.70. The maximum absolute atomic E-state index is 11.4. The van der Waals surface area contributed by atoms with E-state index in [0.29, 0.717) is 27.6 Å². The van der Waals surface area contributed by atoms with Crippen LogP contribution in [0.1, 0.15) is 10.4 Å². The lowest BCUT2D eigenvalue weighted by Crippen LogP contribution is -2.29. The number of carboxylic acids is 1. The van der Waals surface area contributed by atoms with Crippen LogP contribution in [0.2, 0.25) is 0 Å². The Kier molecular flexibility index (Phi) is 3.62. The SMILES string of the molecule is O=C(O)c1cc(-c2ccc(B(O)O)cc2)nc2ccccc12. The van der Waals surface area contributed by atoms with Gasteiger partial charge in [-0.25, -0.2) is 9.78 Å². The third kappa shape index (κ3) is 2.57. The van der Waals surface area contributed by atoms with Gasteiger partial charge in [0.25, 0.3) is 0 Å². The van der Waals surface area contributed by atoms with Gasteiger partial charge in [-0.2, -0.15) is 0 Å². The lowest BCUT2D eigenvalue weighted by atomic mass is 9.80. The first-order chi connectivity index (χ1) is 10.6. The van der Waals surface area contributed by atoms with Crippen LogP contribution in [-0.4, -0.2) is 33.2 Å². The molecule has 3 rings (SSSR count). The number of aromatic carboxylic acids is 1. The lowest BCUT2D eigenvalue weighted by Gasteiger charge is -2.08. The molecule has 0 aliphatic rings. The smallest absolute Gasteiger partial charge is 0.478 e. The molecule has 0 aliphatic carbocycles. The Morgan fingerprint density at radius 2 is 1.68 bits per heavy atom. The van der Waals surface area contributed by atoms with Crippen LogP contribution in [0.15, 0.2) is 54.6 Å². The predicted molar refractivity (Wildman–Crippen MR) is 84.0 cm³/mol. The average molecular weight is 293 g/mol. The average Bonchev–Trinajstić information content (AvgIpc) is 2.53. The zero-order chi connectivity index (χ0) is 15.7. The molecule has 0 fully saturated rings. The van der Waals surface area contributed by atoms with Gasteiger partial charge < -0.3 is 15.2 Å². The van der Waals surface area contributed by atoms with E-state index in [1.807, 2.05) is 0 Å². The maximum Gasteiger partial charge on any atom is 0.488 e. The largest absolute Gasteiger partial charge is 0.488 e.